The van der Waals surface area contributed by atoms with Gasteiger partial charge in [-0.15, -0.1) is 0 Å². The molecule has 0 spiro atoms. The van der Waals surface area contributed by atoms with Crippen molar-refractivity contribution in [2.45, 2.75) is 39.7 Å². The molecule has 2 aromatic carbocycles. The van der Waals surface area contributed by atoms with Crippen LogP contribution in [0.25, 0.3) is 0 Å². The molecule has 0 unspecified atom stereocenters. The molecule has 0 atom stereocenters. The number of nitrogens with one attached hydrogen (secondary N) is 1. The summed E-state index contributed by atoms with van der Waals surface area (Å²) in [5.41, 5.74) is 1.39. The Balaban J connectivity index is 2.12. The molecule has 0 aliphatic heterocycles. The summed E-state index contributed by atoms with van der Waals surface area (Å²) in [7, 11) is 0. The topological polar surface area (TPSA) is 47.6 Å². The summed E-state index contributed by atoms with van der Waals surface area (Å²) in [4.78, 5) is 12.7. The largest absolute Gasteiger partial charge is 0.490 e. The third-order valence-corrected chi connectivity index (χ3v) is 3.75. The van der Waals surface area contributed by atoms with Crippen molar-refractivity contribution in [3.63, 3.8) is 0 Å². The molecule has 4 heteroatoms. The summed E-state index contributed by atoms with van der Waals surface area (Å²) in [5.74, 6) is 1.13. The van der Waals surface area contributed by atoms with Gasteiger partial charge in [0, 0.05) is 11.1 Å². The average molecular weight is 341 g/mol. The van der Waals surface area contributed by atoms with E-state index in [1.165, 1.54) is 5.56 Å². The Morgan fingerprint density at radius 2 is 1.60 bits per heavy atom. The molecular weight excluding hydrogens is 314 g/mol. The predicted octanol–water partition coefficient (Wildman–Crippen LogP) is 4.24. The smallest absolute Gasteiger partial charge is 0.251 e. The highest BCUT2D eigenvalue weighted by molar-refractivity contribution is 5.95. The van der Waals surface area contributed by atoms with Gasteiger partial charge in [-0.05, 0) is 57.9 Å². The van der Waals surface area contributed by atoms with E-state index in [9.17, 15) is 4.79 Å². The lowest BCUT2D eigenvalue weighted by molar-refractivity contribution is 0.0912. The van der Waals surface area contributed by atoms with Crippen LogP contribution in [-0.2, 0) is 6.42 Å². The molecule has 2 aromatic rings. The number of carbonyl (C=O) groups excluding carboxylic acids is 1. The molecule has 0 fully saturated rings. The van der Waals surface area contributed by atoms with Crippen molar-refractivity contribution in [2.75, 3.05) is 13.2 Å². The van der Waals surface area contributed by atoms with Crippen LogP contribution in [0.5, 0.6) is 11.5 Å². The molecule has 1 amide bonds. The van der Waals surface area contributed by atoms with Crippen molar-refractivity contribution in [2.24, 2.45) is 0 Å². The molecule has 0 aromatic heterocycles. The highest BCUT2D eigenvalue weighted by Gasteiger charge is 2.22. The first-order chi connectivity index (χ1) is 11.9. The zero-order valence-corrected chi connectivity index (χ0v) is 15.5. The maximum Gasteiger partial charge on any atom is 0.251 e. The van der Waals surface area contributed by atoms with E-state index in [1.54, 1.807) is 18.2 Å². The lowest BCUT2D eigenvalue weighted by Gasteiger charge is -2.26. The fourth-order valence-electron chi connectivity index (χ4n) is 2.72. The van der Waals surface area contributed by atoms with Crippen LogP contribution in [0, 0.1) is 0 Å². The van der Waals surface area contributed by atoms with E-state index in [0.29, 0.717) is 30.3 Å². The van der Waals surface area contributed by atoms with E-state index in [2.05, 4.69) is 17.4 Å². The molecular formula is C21H27NO3. The highest BCUT2D eigenvalue weighted by Crippen LogP contribution is 2.28. The number of ether oxygens (including phenoxy) is 2. The van der Waals surface area contributed by atoms with E-state index >= 15 is 0 Å². The third-order valence-electron chi connectivity index (χ3n) is 3.75. The van der Waals surface area contributed by atoms with Gasteiger partial charge in [-0.2, -0.15) is 0 Å². The zero-order valence-electron chi connectivity index (χ0n) is 15.5. The van der Waals surface area contributed by atoms with Crippen molar-refractivity contribution in [1.29, 1.82) is 0 Å². The standard InChI is InChI=1S/C21H27NO3/c1-5-24-18-13-12-17(14-19(18)25-6-2)20(23)22-21(3,4)15-16-10-8-7-9-11-16/h7-14H,5-6,15H2,1-4H3,(H,22,23). The normalized spacial score (nSPS) is 11.0. The van der Waals surface area contributed by atoms with E-state index < -0.39 is 0 Å². The second-order valence-corrected chi connectivity index (χ2v) is 6.53. The molecule has 0 saturated carbocycles. The highest BCUT2D eigenvalue weighted by atomic mass is 16.5. The van der Waals surface area contributed by atoms with Gasteiger partial charge in [-0.3, -0.25) is 4.79 Å². The van der Waals surface area contributed by atoms with Gasteiger partial charge in [-0.1, -0.05) is 30.3 Å². The van der Waals surface area contributed by atoms with Crippen LogP contribution in [0.15, 0.2) is 48.5 Å². The van der Waals surface area contributed by atoms with Gasteiger partial charge < -0.3 is 14.8 Å². The van der Waals surface area contributed by atoms with Gasteiger partial charge in [-0.25, -0.2) is 0 Å². The number of amides is 1. The molecule has 0 bridgehead atoms. The number of rotatable bonds is 8. The monoisotopic (exact) mass is 341 g/mol. The number of benzene rings is 2. The minimum absolute atomic E-state index is 0.120. The molecule has 0 saturated heterocycles. The first kappa shape index (κ1) is 18.8. The minimum atomic E-state index is -0.358. The molecule has 0 aliphatic carbocycles. The summed E-state index contributed by atoms with van der Waals surface area (Å²) in [6, 6.07) is 15.4. The van der Waals surface area contributed by atoms with E-state index in [0.717, 1.165) is 6.42 Å². The van der Waals surface area contributed by atoms with E-state index in [4.69, 9.17) is 9.47 Å². The van der Waals surface area contributed by atoms with Crippen LogP contribution in [0.1, 0.15) is 43.6 Å². The first-order valence-electron chi connectivity index (χ1n) is 8.71. The second-order valence-electron chi connectivity index (χ2n) is 6.53. The molecule has 2 rings (SSSR count). The van der Waals surface area contributed by atoms with E-state index in [1.807, 2.05) is 45.9 Å². The minimum Gasteiger partial charge on any atom is -0.490 e. The lowest BCUT2D eigenvalue weighted by Crippen LogP contribution is -2.45. The van der Waals surface area contributed by atoms with Gasteiger partial charge in [0.15, 0.2) is 11.5 Å². The Morgan fingerprint density at radius 3 is 2.24 bits per heavy atom. The fraction of sp³-hybridized carbons (Fsp3) is 0.381. The van der Waals surface area contributed by atoms with Gasteiger partial charge in [0.2, 0.25) is 0 Å². The summed E-state index contributed by atoms with van der Waals surface area (Å²) >= 11 is 0. The van der Waals surface area contributed by atoms with Crippen molar-refractivity contribution in [3.8, 4) is 11.5 Å². The van der Waals surface area contributed by atoms with Crippen molar-refractivity contribution >= 4 is 5.91 Å². The molecule has 134 valence electrons. The van der Waals surface area contributed by atoms with Crippen LogP contribution < -0.4 is 14.8 Å². The molecule has 1 N–H and O–H groups in total. The molecule has 4 nitrogen and oxygen atoms in total. The molecule has 0 radical (unpaired) electrons. The third kappa shape index (κ3) is 5.52. The lowest BCUT2D eigenvalue weighted by atomic mass is 9.94. The number of hydrogen-bond acceptors (Lipinski definition) is 3. The summed E-state index contributed by atoms with van der Waals surface area (Å²) in [6.07, 6.45) is 0.759. The van der Waals surface area contributed by atoms with Gasteiger partial charge in [0.25, 0.3) is 5.91 Å². The second kappa shape index (κ2) is 8.56. The fourth-order valence-corrected chi connectivity index (χ4v) is 2.72. The average Bonchev–Trinajstić information content (AvgIpc) is 2.57. The van der Waals surface area contributed by atoms with Gasteiger partial charge in [0.05, 0.1) is 13.2 Å². The van der Waals surface area contributed by atoms with Crippen LogP contribution in [0.2, 0.25) is 0 Å². The Bertz CT molecular complexity index is 696. The van der Waals surface area contributed by atoms with Crippen LogP contribution >= 0.6 is 0 Å². The molecule has 0 aliphatic rings. The molecule has 0 heterocycles. The Labute approximate surface area is 150 Å². The van der Waals surface area contributed by atoms with Gasteiger partial charge in [0.1, 0.15) is 0 Å². The van der Waals surface area contributed by atoms with Crippen LogP contribution in [-0.4, -0.2) is 24.7 Å². The van der Waals surface area contributed by atoms with Gasteiger partial charge >= 0.3 is 0 Å². The summed E-state index contributed by atoms with van der Waals surface area (Å²) < 4.78 is 11.1. The van der Waals surface area contributed by atoms with Crippen molar-refractivity contribution in [1.82, 2.24) is 5.32 Å². The first-order valence-corrected chi connectivity index (χ1v) is 8.71. The Kier molecular flexibility index (Phi) is 6.45. The Morgan fingerprint density at radius 1 is 0.960 bits per heavy atom. The van der Waals surface area contributed by atoms with Crippen molar-refractivity contribution < 1.29 is 14.3 Å². The number of carbonyl (C=O) groups is 1. The van der Waals surface area contributed by atoms with Crippen LogP contribution in [0.4, 0.5) is 0 Å². The number of hydrogen-bond donors (Lipinski definition) is 1. The van der Waals surface area contributed by atoms with Crippen LogP contribution in [0.3, 0.4) is 0 Å². The zero-order chi connectivity index (χ0) is 18.3. The summed E-state index contributed by atoms with van der Waals surface area (Å²) in [5, 5.41) is 3.11. The van der Waals surface area contributed by atoms with E-state index in [-0.39, 0.29) is 11.4 Å². The maximum atomic E-state index is 12.7. The van der Waals surface area contributed by atoms with Crippen molar-refractivity contribution in [3.05, 3.63) is 59.7 Å². The summed E-state index contributed by atoms with van der Waals surface area (Å²) in [6.45, 7) is 8.94. The predicted molar refractivity (Wildman–Crippen MR) is 100 cm³/mol. The molecule has 25 heavy (non-hydrogen) atoms. The quantitative estimate of drug-likeness (QED) is 0.781. The SMILES string of the molecule is CCOc1ccc(C(=O)NC(C)(C)Cc2ccccc2)cc1OCC. The maximum absolute atomic E-state index is 12.7. The Hall–Kier alpha value is -2.49.